The third-order valence-corrected chi connectivity index (χ3v) is 34.1. The van der Waals surface area contributed by atoms with Crippen molar-refractivity contribution in [2.45, 2.75) is 167 Å². The lowest BCUT2D eigenvalue weighted by atomic mass is 9.67. The maximum atomic E-state index is 14.2. The first-order valence-electron chi connectivity index (χ1n) is 42.0. The van der Waals surface area contributed by atoms with Gasteiger partial charge in [-0.25, -0.2) is 9.97 Å². The molecule has 0 spiro atoms. The number of aromatic nitrogens is 2. The molecular formula is C102H86N6O4S8. The first-order valence-corrected chi connectivity index (χ1v) is 48.5. The largest absolute Gasteiger partial charge is 0.494 e. The lowest BCUT2D eigenvalue weighted by Gasteiger charge is -2.34. The van der Waals surface area contributed by atoms with E-state index in [1.54, 1.807) is 71.5 Å². The Morgan fingerprint density at radius 2 is 0.692 bits per heavy atom. The fraction of sp³-hybridized carbons (Fsp3) is 0.275. The number of ketones is 2. The summed E-state index contributed by atoms with van der Waals surface area (Å²) in [5.74, 6) is 1.26. The average Bonchev–Trinajstić information content (AvgIpc) is 1.48. The first kappa shape index (κ1) is 80.5. The minimum absolute atomic E-state index is 0.102. The van der Waals surface area contributed by atoms with Crippen molar-refractivity contribution in [1.29, 1.82) is 21.0 Å². The number of allylic oxidation sites excluding steroid dienone is 6. The number of aryl methyl sites for hydroxylation is 2. The molecule has 18 rings (SSSR count). The number of Topliss-reactive ketones (excluding diaryl/α,β-unsaturated/α-hetero) is 2. The molecule has 10 nitrogen and oxygen atoms in total. The number of hydrogen-bond acceptors (Lipinski definition) is 18. The Hall–Kier alpha value is -10.6. The van der Waals surface area contributed by atoms with Gasteiger partial charge in [-0.05, 0) is 109 Å². The molecule has 2 unspecified atom stereocenters. The van der Waals surface area contributed by atoms with Gasteiger partial charge in [0.05, 0.1) is 72.1 Å². The van der Waals surface area contributed by atoms with Gasteiger partial charge in [-0.3, -0.25) is 9.59 Å². The quantitative estimate of drug-likeness (QED) is 0.0224. The third kappa shape index (κ3) is 14.3. The standard InChI is InChI=1S/C102H86N6O4S8/c1-5-7-9-11-13-15-17-19-21-27-49-111-69-45-41-67(42-46-69)101(65-37-33-61(3)34-38-65)85-91-79(53-81(117-91)99-107-59-71(113-99)51-77-83(63(55-103)56-104)73-29-23-25-31-75(73)89(77)109)115-93(85)95-87(101)97-98(119-95)88-96(120-97)94-86(102(88,66-39-35-62(4)36-40-66)68-43-47-70(48-44-68)112-50-28-22-20-18-16-14-12-10-8-6-2)92-80(116-94)54-82(118-92)100-108-60-72(114-100)52-78-84(64(57-105)58-106)74-30-24-26-32-76(74)90(78)110/h23-26,29-48,51-54,59-60H,5-22,27-28,49-50H2,1-4H3/b77-51-,78-52-. The molecule has 120 heavy (non-hydrogen) atoms. The molecule has 0 radical (unpaired) electrons. The smallest absolute Gasteiger partial charge is 0.194 e. The molecule has 14 aromatic rings. The zero-order valence-electron chi connectivity index (χ0n) is 67.5. The summed E-state index contributed by atoms with van der Waals surface area (Å²) in [5, 5.41) is 42.5. The zero-order valence-corrected chi connectivity index (χ0v) is 74.0. The predicted molar refractivity (Wildman–Crippen MR) is 501 cm³/mol. The molecule has 0 N–H and O–H groups in total. The highest BCUT2D eigenvalue weighted by molar-refractivity contribution is 7.38. The van der Waals surface area contributed by atoms with Crippen molar-refractivity contribution in [2.24, 2.45) is 0 Å². The van der Waals surface area contributed by atoms with Crippen LogP contribution in [0.2, 0.25) is 0 Å². The number of nitriles is 4. The Morgan fingerprint density at radius 3 is 1.04 bits per heavy atom. The Balaban J connectivity index is 0.787. The monoisotopic (exact) mass is 1710 g/mol. The summed E-state index contributed by atoms with van der Waals surface area (Å²) in [4.78, 5) is 47.1. The summed E-state index contributed by atoms with van der Waals surface area (Å²) in [5.41, 5.74) is 13.7. The van der Waals surface area contributed by atoms with E-state index in [0.29, 0.717) is 57.8 Å². The van der Waals surface area contributed by atoms with Crippen LogP contribution in [-0.4, -0.2) is 34.7 Å². The molecule has 2 atom stereocenters. The summed E-state index contributed by atoms with van der Waals surface area (Å²) < 4.78 is 20.7. The van der Waals surface area contributed by atoms with Gasteiger partial charge in [0.25, 0.3) is 0 Å². The maximum absolute atomic E-state index is 14.2. The van der Waals surface area contributed by atoms with Crippen LogP contribution in [-0.2, 0) is 10.8 Å². The number of ether oxygens (including phenoxy) is 2. The highest BCUT2D eigenvalue weighted by atomic mass is 32.1. The molecule has 4 aliphatic carbocycles. The number of rotatable bonds is 32. The van der Waals surface area contributed by atoms with Crippen molar-refractivity contribution < 1.29 is 19.1 Å². The molecule has 0 amide bonds. The number of benzene rings is 6. The number of unbranched alkanes of at least 4 members (excludes halogenated alkanes) is 18. The Bertz CT molecular complexity index is 6220. The molecule has 8 aromatic heterocycles. The molecule has 6 aromatic carbocycles. The summed E-state index contributed by atoms with van der Waals surface area (Å²) in [6.45, 7) is 10.2. The van der Waals surface area contributed by atoms with Gasteiger partial charge in [-0.2, -0.15) is 21.0 Å². The number of carbonyl (C=O) groups is 2. The SMILES string of the molecule is CCCCCCCCCCCCOc1ccc(C2(c3ccc(C)cc3)c3c(sc4cc(-c5ncc(/C=C6\C(=O)c7ccccc7C6=C(C#N)C#N)s5)sc34)-c3sc4c5c(sc4c32)-c2sc3cc(-c4ncc(/C=C6\C(=O)c7ccccc7C6=C(C#N)C#N)s4)sc3c2C5(c2ccc(C)cc2)c2ccc(OCCCCCCCCCCCC)cc2)cc1. The van der Waals surface area contributed by atoms with Crippen LogP contribution in [0.25, 0.3) is 90.8 Å². The van der Waals surface area contributed by atoms with E-state index in [4.69, 9.17) is 19.4 Å². The fourth-order valence-corrected chi connectivity index (χ4v) is 29.1. The second-order valence-corrected chi connectivity index (χ2v) is 40.2. The van der Waals surface area contributed by atoms with Crippen LogP contribution in [0.15, 0.2) is 192 Å². The van der Waals surface area contributed by atoms with E-state index in [1.165, 1.54) is 208 Å². The third-order valence-electron chi connectivity index (χ3n) is 24.1. The molecule has 0 saturated carbocycles. The molecule has 8 heterocycles. The van der Waals surface area contributed by atoms with Crippen molar-refractivity contribution >= 4 is 154 Å². The molecular weight excluding hydrogens is 1630 g/mol. The summed E-state index contributed by atoms with van der Waals surface area (Å²) in [7, 11) is 0. The van der Waals surface area contributed by atoms with Crippen LogP contribution in [0.4, 0.5) is 0 Å². The number of thiophene rings is 6. The lowest BCUT2D eigenvalue weighted by Crippen LogP contribution is -2.29. The van der Waals surface area contributed by atoms with Crippen LogP contribution in [0, 0.1) is 59.2 Å². The highest BCUT2D eigenvalue weighted by Gasteiger charge is 2.57. The molecule has 0 saturated heterocycles. The molecule has 596 valence electrons. The lowest BCUT2D eigenvalue weighted by molar-refractivity contribution is 0.103. The number of fused-ring (bicyclic) bond motifs is 15. The van der Waals surface area contributed by atoms with Crippen molar-refractivity contribution in [2.75, 3.05) is 13.2 Å². The van der Waals surface area contributed by atoms with E-state index in [9.17, 15) is 30.6 Å². The van der Waals surface area contributed by atoms with Gasteiger partial charge < -0.3 is 9.47 Å². The van der Waals surface area contributed by atoms with Crippen molar-refractivity contribution in [3.8, 4) is 75.1 Å². The number of hydrogen-bond donors (Lipinski definition) is 0. The average molecular weight is 1720 g/mol. The molecule has 0 fully saturated rings. The van der Waals surface area contributed by atoms with Gasteiger partial charge in [0, 0.05) is 87.2 Å². The molecule has 0 bridgehead atoms. The highest BCUT2D eigenvalue weighted by Crippen LogP contribution is 2.73. The molecule has 18 heteroatoms. The first-order chi connectivity index (χ1) is 58.9. The minimum Gasteiger partial charge on any atom is -0.494 e. The maximum Gasteiger partial charge on any atom is 0.194 e. The minimum atomic E-state index is -0.834. The van der Waals surface area contributed by atoms with Gasteiger partial charge in [0.1, 0.15) is 56.9 Å². The summed E-state index contributed by atoms with van der Waals surface area (Å²) in [6.07, 6.45) is 32.3. The number of nitrogens with zero attached hydrogens (tertiary/aromatic N) is 6. The van der Waals surface area contributed by atoms with E-state index >= 15 is 0 Å². The molecule has 0 aliphatic heterocycles. The summed E-state index contributed by atoms with van der Waals surface area (Å²) >= 11 is 14.1. The second-order valence-electron chi connectivity index (χ2n) is 31.8. The van der Waals surface area contributed by atoms with E-state index < -0.39 is 10.8 Å². The second kappa shape index (κ2) is 34.9. The van der Waals surface area contributed by atoms with Gasteiger partial charge in [-0.15, -0.1) is 90.7 Å². The van der Waals surface area contributed by atoms with Crippen LogP contribution < -0.4 is 9.47 Å². The zero-order chi connectivity index (χ0) is 82.2. The van der Waals surface area contributed by atoms with E-state index in [0.717, 1.165) is 87.2 Å². The Morgan fingerprint density at radius 1 is 0.375 bits per heavy atom. The van der Waals surface area contributed by atoms with Crippen LogP contribution in [0.5, 0.6) is 11.5 Å². The Kier molecular flexibility index (Phi) is 23.4. The Labute approximate surface area is 732 Å². The molecule has 4 aliphatic rings. The van der Waals surface area contributed by atoms with Crippen molar-refractivity contribution in [3.05, 3.63) is 280 Å². The van der Waals surface area contributed by atoms with E-state index in [2.05, 4.69) is 161 Å². The van der Waals surface area contributed by atoms with E-state index in [-0.39, 0.29) is 22.7 Å². The van der Waals surface area contributed by atoms with Crippen molar-refractivity contribution in [1.82, 2.24) is 9.97 Å². The van der Waals surface area contributed by atoms with Crippen molar-refractivity contribution in [3.63, 3.8) is 0 Å². The predicted octanol–water partition coefficient (Wildman–Crippen LogP) is 29.9. The van der Waals surface area contributed by atoms with Gasteiger partial charge in [-0.1, -0.05) is 262 Å². The van der Waals surface area contributed by atoms with Gasteiger partial charge >= 0.3 is 0 Å². The number of thiazole rings is 2. The topological polar surface area (TPSA) is 174 Å². The van der Waals surface area contributed by atoms with Gasteiger partial charge in [0.2, 0.25) is 0 Å². The van der Waals surface area contributed by atoms with Crippen LogP contribution >= 0.6 is 90.7 Å². The van der Waals surface area contributed by atoms with Gasteiger partial charge in [0.15, 0.2) is 11.6 Å². The number of carbonyl (C=O) groups excluding carboxylic acids is 2. The summed E-state index contributed by atoms with van der Waals surface area (Å²) in [6, 6.07) is 64.0. The fourth-order valence-electron chi connectivity index (χ4n) is 18.3. The van der Waals surface area contributed by atoms with Crippen LogP contribution in [0.3, 0.4) is 0 Å². The van der Waals surface area contributed by atoms with E-state index in [1.807, 2.05) is 69.6 Å². The van der Waals surface area contributed by atoms with Crippen LogP contribution in [0.1, 0.15) is 239 Å². The normalized spacial score (nSPS) is 16.1.